The van der Waals surface area contributed by atoms with E-state index in [0.29, 0.717) is 0 Å². The van der Waals surface area contributed by atoms with Crippen LogP contribution in [0.2, 0.25) is 0 Å². The molecule has 0 aliphatic heterocycles. The lowest BCUT2D eigenvalue weighted by Gasteiger charge is -2.19. The summed E-state index contributed by atoms with van der Waals surface area (Å²) in [7, 11) is 0. The maximum Gasteiger partial charge on any atom is 0.310 e. The van der Waals surface area contributed by atoms with Crippen molar-refractivity contribution >= 4 is 5.97 Å². The number of hydrogen-bond donors (Lipinski definition) is 1. The third kappa shape index (κ3) is 6.16. The van der Waals surface area contributed by atoms with Crippen LogP contribution in [0, 0.1) is 0 Å². The standard InChI is InChI=1S/C17H22N2O3.C2H6/c1-12(20)14-6-5-7-15(9-14)19-11-13(10-18-19)8-16(21)22-17(2,3)4;1-2/h5-7,9-12,20H,8H2,1-4H3;1-2H3. The van der Waals surface area contributed by atoms with Crippen LogP contribution in [0.25, 0.3) is 5.69 Å². The van der Waals surface area contributed by atoms with Crippen LogP contribution < -0.4 is 0 Å². The van der Waals surface area contributed by atoms with Gasteiger partial charge in [-0.05, 0) is 45.4 Å². The van der Waals surface area contributed by atoms with Gasteiger partial charge in [0.25, 0.3) is 0 Å². The average Bonchev–Trinajstić information content (AvgIpc) is 2.96. The number of carbonyl (C=O) groups is 1. The highest BCUT2D eigenvalue weighted by molar-refractivity contribution is 5.72. The Bertz CT molecular complexity index is 655. The Labute approximate surface area is 144 Å². The van der Waals surface area contributed by atoms with E-state index in [1.165, 1.54) is 0 Å². The fourth-order valence-electron chi connectivity index (χ4n) is 2.06. The average molecular weight is 332 g/mol. The largest absolute Gasteiger partial charge is 0.460 e. The van der Waals surface area contributed by atoms with Gasteiger partial charge in [-0.15, -0.1) is 0 Å². The highest BCUT2D eigenvalue weighted by Gasteiger charge is 2.17. The molecule has 1 heterocycles. The van der Waals surface area contributed by atoms with Crippen molar-refractivity contribution in [2.75, 3.05) is 0 Å². The normalized spacial score (nSPS) is 12.1. The topological polar surface area (TPSA) is 64.4 Å². The lowest BCUT2D eigenvalue weighted by atomic mass is 10.1. The molecule has 1 aromatic heterocycles. The zero-order valence-corrected chi connectivity index (χ0v) is 15.4. The van der Waals surface area contributed by atoms with Crippen LogP contribution in [0.1, 0.15) is 58.8 Å². The molecule has 132 valence electrons. The minimum atomic E-state index is -0.531. The Hall–Kier alpha value is -2.14. The van der Waals surface area contributed by atoms with Gasteiger partial charge in [0.2, 0.25) is 0 Å². The van der Waals surface area contributed by atoms with Crippen LogP contribution in [0.15, 0.2) is 36.7 Å². The minimum absolute atomic E-state index is 0.188. The molecule has 1 atom stereocenters. The molecule has 2 aromatic rings. The zero-order chi connectivity index (χ0) is 18.3. The van der Waals surface area contributed by atoms with Crippen LogP contribution in [-0.4, -0.2) is 26.5 Å². The van der Waals surface area contributed by atoms with E-state index in [4.69, 9.17) is 4.74 Å². The van der Waals surface area contributed by atoms with Gasteiger partial charge in [0.05, 0.1) is 24.4 Å². The van der Waals surface area contributed by atoms with E-state index in [1.54, 1.807) is 24.0 Å². The molecule has 2 rings (SSSR count). The number of nitrogens with zero attached hydrogens (tertiary/aromatic N) is 2. The molecule has 0 saturated heterocycles. The number of carbonyl (C=O) groups excluding carboxylic acids is 1. The van der Waals surface area contributed by atoms with E-state index in [9.17, 15) is 9.90 Å². The predicted molar refractivity (Wildman–Crippen MR) is 95.1 cm³/mol. The molecule has 0 saturated carbocycles. The first kappa shape index (κ1) is 19.9. The summed E-state index contributed by atoms with van der Waals surface area (Å²) in [5.41, 5.74) is 1.96. The smallest absolute Gasteiger partial charge is 0.310 e. The van der Waals surface area contributed by atoms with Crippen molar-refractivity contribution in [2.24, 2.45) is 0 Å². The number of esters is 1. The van der Waals surface area contributed by atoms with Crippen LogP contribution in [-0.2, 0) is 16.0 Å². The Morgan fingerprint density at radius 2 is 2.00 bits per heavy atom. The number of benzene rings is 1. The van der Waals surface area contributed by atoms with Crippen molar-refractivity contribution in [3.8, 4) is 5.69 Å². The van der Waals surface area contributed by atoms with E-state index in [2.05, 4.69) is 5.10 Å². The minimum Gasteiger partial charge on any atom is -0.460 e. The van der Waals surface area contributed by atoms with Gasteiger partial charge >= 0.3 is 5.97 Å². The van der Waals surface area contributed by atoms with Crippen molar-refractivity contribution in [3.05, 3.63) is 47.8 Å². The number of aliphatic hydroxyl groups excluding tert-OH is 1. The highest BCUT2D eigenvalue weighted by atomic mass is 16.6. The SMILES string of the molecule is CC.CC(O)c1cccc(-n2cc(CC(=O)OC(C)(C)C)cn2)c1. The molecule has 0 amide bonds. The Kier molecular flexibility index (Phi) is 7.17. The predicted octanol–water partition coefficient (Wildman–Crippen LogP) is 3.84. The fourth-order valence-corrected chi connectivity index (χ4v) is 2.06. The number of rotatable bonds is 4. The van der Waals surface area contributed by atoms with Crippen molar-refractivity contribution in [1.82, 2.24) is 9.78 Å². The van der Waals surface area contributed by atoms with E-state index in [0.717, 1.165) is 16.8 Å². The van der Waals surface area contributed by atoms with E-state index >= 15 is 0 Å². The van der Waals surface area contributed by atoms with Gasteiger partial charge in [-0.25, -0.2) is 4.68 Å². The van der Waals surface area contributed by atoms with Gasteiger partial charge in [-0.2, -0.15) is 5.10 Å². The summed E-state index contributed by atoms with van der Waals surface area (Å²) < 4.78 is 6.98. The number of ether oxygens (including phenoxy) is 1. The second-order valence-corrected chi connectivity index (χ2v) is 6.33. The van der Waals surface area contributed by atoms with Crippen LogP contribution >= 0.6 is 0 Å². The molecule has 0 radical (unpaired) electrons. The molecule has 0 aliphatic rings. The van der Waals surface area contributed by atoms with Crippen LogP contribution in [0.4, 0.5) is 0 Å². The lowest BCUT2D eigenvalue weighted by Crippen LogP contribution is -2.24. The molecular formula is C19H28N2O3. The van der Waals surface area contributed by atoms with Crippen molar-refractivity contribution < 1.29 is 14.6 Å². The lowest BCUT2D eigenvalue weighted by molar-refractivity contribution is -0.153. The van der Waals surface area contributed by atoms with Crippen LogP contribution in [0.5, 0.6) is 0 Å². The van der Waals surface area contributed by atoms with Gasteiger partial charge in [0, 0.05) is 11.8 Å². The Balaban J connectivity index is 0.00000139. The molecule has 1 aromatic carbocycles. The maximum atomic E-state index is 11.8. The molecule has 5 heteroatoms. The Morgan fingerprint density at radius 1 is 1.33 bits per heavy atom. The van der Waals surface area contributed by atoms with E-state index < -0.39 is 11.7 Å². The summed E-state index contributed by atoms with van der Waals surface area (Å²) in [6.45, 7) is 11.2. The molecule has 0 spiro atoms. The molecule has 5 nitrogen and oxygen atoms in total. The number of hydrogen-bond acceptors (Lipinski definition) is 4. The summed E-state index contributed by atoms with van der Waals surface area (Å²) in [6.07, 6.45) is 3.11. The number of aliphatic hydroxyl groups is 1. The molecule has 0 aliphatic carbocycles. The monoisotopic (exact) mass is 332 g/mol. The zero-order valence-electron chi connectivity index (χ0n) is 15.4. The summed E-state index contributed by atoms with van der Waals surface area (Å²) in [6, 6.07) is 7.50. The quantitative estimate of drug-likeness (QED) is 0.864. The summed E-state index contributed by atoms with van der Waals surface area (Å²) >= 11 is 0. The second kappa shape index (κ2) is 8.64. The molecule has 0 bridgehead atoms. The summed E-state index contributed by atoms with van der Waals surface area (Å²) in [5.74, 6) is -0.273. The number of aromatic nitrogens is 2. The maximum absolute atomic E-state index is 11.8. The molecular weight excluding hydrogens is 304 g/mol. The third-order valence-electron chi connectivity index (χ3n) is 3.02. The van der Waals surface area contributed by atoms with Crippen LogP contribution in [0.3, 0.4) is 0 Å². The van der Waals surface area contributed by atoms with E-state index in [-0.39, 0.29) is 12.4 Å². The molecule has 24 heavy (non-hydrogen) atoms. The van der Waals surface area contributed by atoms with Gasteiger partial charge in [0.15, 0.2) is 0 Å². The summed E-state index contributed by atoms with van der Waals surface area (Å²) in [4.78, 5) is 11.8. The van der Waals surface area contributed by atoms with Crippen molar-refractivity contribution in [3.63, 3.8) is 0 Å². The van der Waals surface area contributed by atoms with Gasteiger partial charge in [0.1, 0.15) is 5.60 Å². The third-order valence-corrected chi connectivity index (χ3v) is 3.02. The Morgan fingerprint density at radius 3 is 2.58 bits per heavy atom. The molecule has 1 N–H and O–H groups in total. The first-order valence-corrected chi connectivity index (χ1v) is 8.28. The van der Waals surface area contributed by atoms with Gasteiger partial charge in [-0.3, -0.25) is 4.79 Å². The van der Waals surface area contributed by atoms with Crippen molar-refractivity contribution in [1.29, 1.82) is 0 Å². The van der Waals surface area contributed by atoms with Gasteiger partial charge < -0.3 is 9.84 Å². The first-order chi connectivity index (χ1) is 11.2. The first-order valence-electron chi connectivity index (χ1n) is 8.28. The molecule has 0 fully saturated rings. The summed E-state index contributed by atoms with van der Waals surface area (Å²) in [5, 5.41) is 13.9. The highest BCUT2D eigenvalue weighted by Crippen LogP contribution is 2.17. The second-order valence-electron chi connectivity index (χ2n) is 6.33. The van der Waals surface area contributed by atoms with Gasteiger partial charge in [-0.1, -0.05) is 26.0 Å². The molecule has 1 unspecified atom stereocenters. The van der Waals surface area contributed by atoms with E-state index in [1.807, 2.05) is 58.9 Å². The van der Waals surface area contributed by atoms with Crippen molar-refractivity contribution in [2.45, 2.75) is 59.7 Å². The fraction of sp³-hybridized carbons (Fsp3) is 0.474.